The molecule has 0 bridgehead atoms. The van der Waals surface area contributed by atoms with Gasteiger partial charge in [0, 0.05) is 18.3 Å². The second-order valence-corrected chi connectivity index (χ2v) is 11.4. The summed E-state index contributed by atoms with van der Waals surface area (Å²) in [6, 6.07) is 9.38. The molecule has 5 rings (SSSR count). The van der Waals surface area contributed by atoms with Crippen LogP contribution in [0.15, 0.2) is 59.1 Å². The van der Waals surface area contributed by atoms with Crippen molar-refractivity contribution in [3.8, 4) is 16.9 Å². The molecule has 0 aromatic heterocycles. The minimum Gasteiger partial charge on any atom is -0.511 e. The van der Waals surface area contributed by atoms with Gasteiger partial charge < -0.3 is 31.2 Å². The number of hydrogen-bond donors (Lipinski definition) is 5. The molecule has 0 saturated carbocycles. The highest BCUT2D eigenvalue weighted by Crippen LogP contribution is 2.51. The smallest absolute Gasteiger partial charge is 0.255 e. The highest BCUT2D eigenvalue weighted by molar-refractivity contribution is 6.22. The van der Waals surface area contributed by atoms with Crippen molar-refractivity contribution in [2.75, 3.05) is 40.1 Å². The maximum atomic E-state index is 13.9. The van der Waals surface area contributed by atoms with Gasteiger partial charge in [-0.3, -0.25) is 24.1 Å². The van der Waals surface area contributed by atoms with E-state index in [0.717, 1.165) is 5.56 Å². The number of phenols is 1. The van der Waals surface area contributed by atoms with Gasteiger partial charge >= 0.3 is 0 Å². The van der Waals surface area contributed by atoms with Gasteiger partial charge in [0.15, 0.2) is 11.6 Å². The van der Waals surface area contributed by atoms with Crippen LogP contribution in [0.3, 0.4) is 0 Å². The molecule has 2 aromatic carbocycles. The van der Waals surface area contributed by atoms with E-state index in [1.807, 2.05) is 0 Å². The molecular formula is C31H34N4O8. The van der Waals surface area contributed by atoms with Gasteiger partial charge in [-0.2, -0.15) is 5.06 Å². The van der Waals surface area contributed by atoms with Crippen LogP contribution in [-0.2, 0) is 25.6 Å². The standard InChI is InChI=1S/C31H34N4O8/c1-34(2)26-19-12-15-11-18-17(14-5-7-16(8-6-14)33-21(37)13-35(3)43-4)9-10-20(36)23(18)27(38)22(15)28(39)24(19)29(40)25(30(26)41)31(32)42/h5-10,15,19,24,26,36,39,41H,11-13H2,1-4H3,(H2,32,42)(H,33,37)/t15?,19?,24?,26-/m1/s1. The van der Waals surface area contributed by atoms with E-state index in [0.29, 0.717) is 16.8 Å². The number of allylic oxidation sites excluding steroid dienone is 2. The molecule has 0 spiro atoms. The number of aliphatic hydroxyl groups is 2. The number of aromatic hydroxyl groups is 1. The van der Waals surface area contributed by atoms with Crippen LogP contribution >= 0.6 is 0 Å². The summed E-state index contributed by atoms with van der Waals surface area (Å²) in [6.07, 6.45) is 0.534. The van der Waals surface area contributed by atoms with Crippen LogP contribution in [0, 0.1) is 17.8 Å². The predicted octanol–water partition coefficient (Wildman–Crippen LogP) is 2.10. The number of hydrogen-bond acceptors (Lipinski definition) is 10. The number of rotatable bonds is 7. The van der Waals surface area contributed by atoms with E-state index in [1.54, 1.807) is 56.4 Å². The van der Waals surface area contributed by atoms with Gasteiger partial charge in [0.05, 0.1) is 24.6 Å². The lowest BCUT2D eigenvalue weighted by Gasteiger charge is -2.46. The first-order valence-corrected chi connectivity index (χ1v) is 13.8. The minimum absolute atomic E-state index is 0.0244. The Morgan fingerprint density at radius 1 is 1.02 bits per heavy atom. The fraction of sp³-hybridized carbons (Fsp3) is 0.355. The molecule has 4 atom stereocenters. The predicted molar refractivity (Wildman–Crippen MR) is 156 cm³/mol. The fourth-order valence-electron chi connectivity index (χ4n) is 6.74. The second kappa shape index (κ2) is 11.3. The topological polar surface area (TPSA) is 183 Å². The molecular weight excluding hydrogens is 556 g/mol. The summed E-state index contributed by atoms with van der Waals surface area (Å²) in [7, 11) is 6.46. The average molecular weight is 591 g/mol. The molecule has 226 valence electrons. The van der Waals surface area contributed by atoms with Gasteiger partial charge in [-0.05, 0) is 73.7 Å². The number of primary amides is 1. The number of carbonyl (C=O) groups is 4. The normalized spacial score (nSPS) is 23.3. The van der Waals surface area contributed by atoms with Crippen molar-refractivity contribution in [3.63, 3.8) is 0 Å². The molecule has 3 aliphatic carbocycles. The Hall–Kier alpha value is -4.52. The number of ketones is 2. The number of nitrogens with two attached hydrogens (primary N) is 1. The van der Waals surface area contributed by atoms with E-state index in [2.05, 4.69) is 5.32 Å². The van der Waals surface area contributed by atoms with Crippen LogP contribution in [-0.4, -0.2) is 89.5 Å². The number of nitrogens with zero attached hydrogens (tertiary/aromatic N) is 2. The van der Waals surface area contributed by atoms with Crippen molar-refractivity contribution in [3.05, 3.63) is 70.2 Å². The van der Waals surface area contributed by atoms with Gasteiger partial charge in [0.1, 0.15) is 29.4 Å². The molecule has 2 aromatic rings. The average Bonchev–Trinajstić information content (AvgIpc) is 2.92. The number of fused-ring (bicyclic) bond motifs is 3. The molecule has 2 amide bonds. The SMILES string of the molecule is CON(C)CC(=O)Nc1ccc(-c2ccc(O)c3c2CC2CC4C(C(=O)C(C(N)=O)=C(O)[C@@H]4N(C)C)C(O)=C2C3=O)cc1. The molecule has 12 heteroatoms. The summed E-state index contributed by atoms with van der Waals surface area (Å²) in [6.45, 7) is 0.0372. The van der Waals surface area contributed by atoms with E-state index in [9.17, 15) is 34.5 Å². The van der Waals surface area contributed by atoms with Crippen LogP contribution in [0.5, 0.6) is 5.75 Å². The van der Waals surface area contributed by atoms with Gasteiger partial charge in [0.25, 0.3) is 5.91 Å². The maximum absolute atomic E-state index is 13.9. The second-order valence-electron chi connectivity index (χ2n) is 11.4. The minimum atomic E-state index is -1.24. The van der Waals surface area contributed by atoms with Crippen LogP contribution in [0.25, 0.3) is 11.1 Å². The molecule has 3 unspecified atom stereocenters. The largest absolute Gasteiger partial charge is 0.511 e. The monoisotopic (exact) mass is 590 g/mol. The Kier molecular flexibility index (Phi) is 7.86. The quantitative estimate of drug-likeness (QED) is 0.236. The van der Waals surface area contributed by atoms with Crippen LogP contribution in [0.4, 0.5) is 5.69 Å². The number of hydroxylamine groups is 2. The molecule has 0 aliphatic heterocycles. The molecule has 0 saturated heterocycles. The van der Waals surface area contributed by atoms with E-state index < -0.39 is 58.4 Å². The Morgan fingerprint density at radius 3 is 2.30 bits per heavy atom. The van der Waals surface area contributed by atoms with E-state index in [-0.39, 0.29) is 42.2 Å². The number of aliphatic hydroxyl groups excluding tert-OH is 2. The molecule has 0 radical (unpaired) electrons. The fourth-order valence-corrected chi connectivity index (χ4v) is 6.74. The highest BCUT2D eigenvalue weighted by Gasteiger charge is 2.54. The number of benzene rings is 2. The zero-order chi connectivity index (χ0) is 31.3. The summed E-state index contributed by atoms with van der Waals surface area (Å²) in [4.78, 5) is 58.3. The van der Waals surface area contributed by atoms with Crippen molar-refractivity contribution < 1.29 is 39.3 Å². The third-order valence-electron chi connectivity index (χ3n) is 8.61. The summed E-state index contributed by atoms with van der Waals surface area (Å²) in [5, 5.41) is 37.3. The number of phenolic OH excluding ortho intramolecular Hbond substituents is 1. The Balaban J connectivity index is 1.53. The van der Waals surface area contributed by atoms with Crippen molar-refractivity contribution in [1.29, 1.82) is 0 Å². The Morgan fingerprint density at radius 2 is 1.70 bits per heavy atom. The lowest BCUT2D eigenvalue weighted by Crippen LogP contribution is -2.53. The Bertz CT molecular complexity index is 1590. The van der Waals surface area contributed by atoms with Crippen LogP contribution in [0.2, 0.25) is 0 Å². The third-order valence-corrected chi connectivity index (χ3v) is 8.61. The van der Waals surface area contributed by atoms with Crippen LogP contribution in [0.1, 0.15) is 22.3 Å². The lowest BCUT2D eigenvalue weighted by atomic mass is 9.60. The maximum Gasteiger partial charge on any atom is 0.255 e. The molecule has 6 N–H and O–H groups in total. The van der Waals surface area contributed by atoms with Crippen molar-refractivity contribution in [2.45, 2.75) is 18.9 Å². The molecule has 12 nitrogen and oxygen atoms in total. The number of amides is 2. The molecule has 0 heterocycles. The van der Waals surface area contributed by atoms with Crippen molar-refractivity contribution >= 4 is 29.1 Å². The lowest BCUT2D eigenvalue weighted by molar-refractivity contribution is -0.137. The number of carbonyl (C=O) groups excluding carboxylic acids is 4. The number of likely N-dealkylation sites (N-methyl/N-ethyl adjacent to an activating group) is 2. The van der Waals surface area contributed by atoms with E-state index >= 15 is 0 Å². The van der Waals surface area contributed by atoms with Gasteiger partial charge in [-0.1, -0.05) is 18.2 Å². The summed E-state index contributed by atoms with van der Waals surface area (Å²) < 4.78 is 0. The number of nitrogens with one attached hydrogen (secondary N) is 1. The highest BCUT2D eigenvalue weighted by atomic mass is 16.7. The van der Waals surface area contributed by atoms with Gasteiger partial charge in [0.2, 0.25) is 5.91 Å². The first kappa shape index (κ1) is 30.0. The first-order chi connectivity index (χ1) is 20.3. The number of Topliss-reactive ketones (excluding diaryl/α,β-unsaturated/α-hetero) is 2. The zero-order valence-corrected chi connectivity index (χ0v) is 24.2. The summed E-state index contributed by atoms with van der Waals surface area (Å²) in [5.41, 5.74) is 7.50. The van der Waals surface area contributed by atoms with Gasteiger partial charge in [-0.25, -0.2) is 0 Å². The number of anilines is 1. The third kappa shape index (κ3) is 5.07. The summed E-state index contributed by atoms with van der Waals surface area (Å²) in [5.74, 6) is -6.33. The Labute approximate surface area is 248 Å². The molecule has 43 heavy (non-hydrogen) atoms. The molecule has 3 aliphatic rings. The van der Waals surface area contributed by atoms with Crippen molar-refractivity contribution in [1.82, 2.24) is 9.96 Å². The van der Waals surface area contributed by atoms with E-state index in [1.165, 1.54) is 18.2 Å². The van der Waals surface area contributed by atoms with Gasteiger partial charge in [-0.15, -0.1) is 0 Å². The van der Waals surface area contributed by atoms with E-state index in [4.69, 9.17) is 10.6 Å². The summed E-state index contributed by atoms with van der Waals surface area (Å²) >= 11 is 0. The van der Waals surface area contributed by atoms with Crippen molar-refractivity contribution in [2.24, 2.45) is 23.5 Å². The molecule has 0 fully saturated rings. The zero-order valence-electron chi connectivity index (χ0n) is 24.2. The van der Waals surface area contributed by atoms with Crippen LogP contribution < -0.4 is 11.1 Å². The first-order valence-electron chi connectivity index (χ1n) is 13.8.